The average Bonchev–Trinajstić information content (AvgIpc) is 2.97. The van der Waals surface area contributed by atoms with E-state index >= 15 is 0 Å². The molecule has 0 bridgehead atoms. The lowest BCUT2D eigenvalue weighted by Crippen LogP contribution is -2.32. The molecule has 0 amide bonds. The summed E-state index contributed by atoms with van der Waals surface area (Å²) in [6, 6.07) is 1.48. The molecule has 1 heterocycles. The van der Waals surface area contributed by atoms with Crippen molar-refractivity contribution in [1.29, 1.82) is 0 Å². The van der Waals surface area contributed by atoms with E-state index in [9.17, 15) is 4.79 Å². The Morgan fingerprint density at radius 1 is 1.67 bits per heavy atom. The summed E-state index contributed by atoms with van der Waals surface area (Å²) >= 11 is 0. The quantitative estimate of drug-likeness (QED) is 0.661. The molecule has 0 atom stereocenters. The van der Waals surface area contributed by atoms with Gasteiger partial charge in [0.1, 0.15) is 11.6 Å². The van der Waals surface area contributed by atoms with Crippen molar-refractivity contribution >= 4 is 5.82 Å². The highest BCUT2D eigenvalue weighted by atomic mass is 16.1. The predicted molar refractivity (Wildman–Crippen MR) is 58.9 cm³/mol. The predicted octanol–water partition coefficient (Wildman–Crippen LogP) is 0.235. The third kappa shape index (κ3) is 2.18. The molecule has 2 rings (SSSR count). The molecule has 0 aliphatic heterocycles. The van der Waals surface area contributed by atoms with Crippen molar-refractivity contribution in [3.8, 4) is 0 Å². The summed E-state index contributed by atoms with van der Waals surface area (Å²) in [4.78, 5) is 18.3. The van der Waals surface area contributed by atoms with Crippen LogP contribution in [-0.4, -0.2) is 22.1 Å². The Bertz CT molecular complexity index is 408. The molecule has 1 aliphatic rings. The van der Waals surface area contributed by atoms with Gasteiger partial charge in [0, 0.05) is 19.0 Å². The van der Waals surface area contributed by atoms with Crippen molar-refractivity contribution in [1.82, 2.24) is 9.97 Å². The van der Waals surface area contributed by atoms with Crippen LogP contribution in [0.5, 0.6) is 0 Å². The number of aromatic amines is 1. The molecule has 1 saturated carbocycles. The number of hydrogen-bond acceptors (Lipinski definition) is 4. The van der Waals surface area contributed by atoms with Gasteiger partial charge in [-0.2, -0.15) is 0 Å². The number of H-pyrrole nitrogens is 1. The second-order valence-corrected chi connectivity index (χ2v) is 4.04. The first-order chi connectivity index (χ1) is 7.17. The maximum absolute atomic E-state index is 11.3. The molecule has 5 heteroatoms. The molecule has 0 radical (unpaired) electrons. The molecule has 82 valence electrons. The summed E-state index contributed by atoms with van der Waals surface area (Å²) in [7, 11) is 0. The lowest BCUT2D eigenvalue weighted by atomic mass is 10.3. The van der Waals surface area contributed by atoms with Gasteiger partial charge in [0.15, 0.2) is 0 Å². The lowest BCUT2D eigenvalue weighted by molar-refractivity contribution is 0.733. The van der Waals surface area contributed by atoms with Crippen molar-refractivity contribution in [3.05, 3.63) is 22.2 Å². The van der Waals surface area contributed by atoms with Crippen LogP contribution in [0.3, 0.4) is 0 Å². The Hall–Kier alpha value is -1.36. The Morgan fingerprint density at radius 2 is 2.40 bits per heavy atom. The zero-order chi connectivity index (χ0) is 10.9. The summed E-state index contributed by atoms with van der Waals surface area (Å²) in [5.74, 6) is 1.34. The fourth-order valence-electron chi connectivity index (χ4n) is 1.54. The molecule has 1 fully saturated rings. The van der Waals surface area contributed by atoms with Gasteiger partial charge in [-0.25, -0.2) is 4.98 Å². The minimum Gasteiger partial charge on any atom is -0.363 e. The fraction of sp³-hybridized carbons (Fsp3) is 0.600. The van der Waals surface area contributed by atoms with E-state index in [2.05, 4.69) is 15.3 Å². The second kappa shape index (κ2) is 3.66. The summed E-state index contributed by atoms with van der Waals surface area (Å²) in [6.45, 7) is 2.54. The van der Waals surface area contributed by atoms with Gasteiger partial charge in [-0.15, -0.1) is 0 Å². The van der Waals surface area contributed by atoms with E-state index in [1.807, 2.05) is 6.92 Å². The van der Waals surface area contributed by atoms with Crippen molar-refractivity contribution in [2.24, 2.45) is 5.73 Å². The number of nitrogens with one attached hydrogen (secondary N) is 2. The maximum Gasteiger partial charge on any atom is 0.252 e. The van der Waals surface area contributed by atoms with Crippen LogP contribution < -0.4 is 16.6 Å². The number of aromatic nitrogens is 2. The molecular weight excluding hydrogens is 192 g/mol. The highest BCUT2D eigenvalue weighted by Crippen LogP contribution is 2.36. The number of nitrogens with zero attached hydrogens (tertiary/aromatic N) is 1. The monoisotopic (exact) mass is 208 g/mol. The van der Waals surface area contributed by atoms with Crippen LogP contribution in [0, 0.1) is 0 Å². The van der Waals surface area contributed by atoms with Gasteiger partial charge in [0.2, 0.25) is 0 Å². The van der Waals surface area contributed by atoms with Crippen molar-refractivity contribution < 1.29 is 0 Å². The smallest absolute Gasteiger partial charge is 0.252 e. The van der Waals surface area contributed by atoms with Gasteiger partial charge < -0.3 is 16.0 Å². The highest BCUT2D eigenvalue weighted by molar-refractivity contribution is 5.40. The molecule has 1 aromatic rings. The Balaban J connectivity index is 2.21. The number of rotatable bonds is 4. The summed E-state index contributed by atoms with van der Waals surface area (Å²) in [5.41, 5.74) is 5.53. The molecule has 0 saturated heterocycles. The number of nitrogens with two attached hydrogens (primary N) is 1. The summed E-state index contributed by atoms with van der Waals surface area (Å²) in [6.07, 6.45) is 2.83. The molecule has 4 N–H and O–H groups in total. The average molecular weight is 208 g/mol. The first kappa shape index (κ1) is 10.2. The molecule has 5 nitrogen and oxygen atoms in total. The molecule has 0 spiro atoms. The molecule has 0 unspecified atom stereocenters. The zero-order valence-corrected chi connectivity index (χ0v) is 8.84. The summed E-state index contributed by atoms with van der Waals surface area (Å²) < 4.78 is 0. The van der Waals surface area contributed by atoms with E-state index in [1.54, 1.807) is 0 Å². The number of aryl methyl sites for hydroxylation is 1. The SMILES string of the molecule is CCc1nc(NC2(CN)CC2)cc(=O)[nH]1. The lowest BCUT2D eigenvalue weighted by Gasteiger charge is -2.15. The van der Waals surface area contributed by atoms with Crippen LogP contribution in [0.1, 0.15) is 25.6 Å². The van der Waals surface area contributed by atoms with Crippen LogP contribution in [0.4, 0.5) is 5.82 Å². The zero-order valence-electron chi connectivity index (χ0n) is 8.84. The maximum atomic E-state index is 11.3. The van der Waals surface area contributed by atoms with E-state index in [0.717, 1.165) is 19.3 Å². The first-order valence-electron chi connectivity index (χ1n) is 5.26. The van der Waals surface area contributed by atoms with Gasteiger partial charge in [0.05, 0.1) is 5.54 Å². The fourth-order valence-corrected chi connectivity index (χ4v) is 1.54. The van der Waals surface area contributed by atoms with Crippen molar-refractivity contribution in [3.63, 3.8) is 0 Å². The summed E-state index contributed by atoms with van der Waals surface area (Å²) in [5, 5.41) is 3.24. The van der Waals surface area contributed by atoms with E-state index in [1.165, 1.54) is 6.07 Å². The van der Waals surface area contributed by atoms with E-state index in [-0.39, 0.29) is 11.1 Å². The largest absolute Gasteiger partial charge is 0.363 e. The van der Waals surface area contributed by atoms with Crippen molar-refractivity contribution in [2.45, 2.75) is 31.7 Å². The highest BCUT2D eigenvalue weighted by Gasteiger charge is 2.41. The molecule has 1 aliphatic carbocycles. The van der Waals surface area contributed by atoms with Gasteiger partial charge in [-0.05, 0) is 12.8 Å². The number of anilines is 1. The minimum absolute atomic E-state index is 0.00813. The standard InChI is InChI=1S/C10H16N4O/c1-2-7-12-8(5-9(15)13-7)14-10(6-11)3-4-10/h5H,2-4,6,11H2,1H3,(H2,12,13,14,15). The minimum atomic E-state index is -0.114. The first-order valence-corrected chi connectivity index (χ1v) is 5.26. The number of hydrogen-bond donors (Lipinski definition) is 3. The van der Waals surface area contributed by atoms with Gasteiger partial charge in [-0.3, -0.25) is 4.79 Å². The Labute approximate surface area is 88.1 Å². The van der Waals surface area contributed by atoms with Crippen LogP contribution in [-0.2, 0) is 6.42 Å². The van der Waals surface area contributed by atoms with Crippen molar-refractivity contribution in [2.75, 3.05) is 11.9 Å². The van der Waals surface area contributed by atoms with E-state index in [4.69, 9.17) is 5.73 Å². The Kier molecular flexibility index (Phi) is 2.48. The molecular formula is C10H16N4O. The third-order valence-corrected chi connectivity index (χ3v) is 2.76. The van der Waals surface area contributed by atoms with Crippen LogP contribution in [0.2, 0.25) is 0 Å². The van der Waals surface area contributed by atoms with Gasteiger partial charge in [0.25, 0.3) is 5.56 Å². The topological polar surface area (TPSA) is 83.8 Å². The van der Waals surface area contributed by atoms with Crippen LogP contribution in [0.25, 0.3) is 0 Å². The molecule has 0 aromatic carbocycles. The normalized spacial score (nSPS) is 17.5. The van der Waals surface area contributed by atoms with Gasteiger partial charge in [-0.1, -0.05) is 6.92 Å². The molecule has 1 aromatic heterocycles. The van der Waals surface area contributed by atoms with E-state index < -0.39 is 0 Å². The van der Waals surface area contributed by atoms with Crippen LogP contribution >= 0.6 is 0 Å². The Morgan fingerprint density at radius 3 is 2.93 bits per heavy atom. The third-order valence-electron chi connectivity index (χ3n) is 2.76. The second-order valence-electron chi connectivity index (χ2n) is 4.04. The van der Waals surface area contributed by atoms with Crippen LogP contribution in [0.15, 0.2) is 10.9 Å². The molecule has 15 heavy (non-hydrogen) atoms. The van der Waals surface area contributed by atoms with E-state index in [0.29, 0.717) is 18.2 Å². The van der Waals surface area contributed by atoms with Gasteiger partial charge >= 0.3 is 0 Å².